The lowest BCUT2D eigenvalue weighted by Crippen LogP contribution is -2.62. The molecule has 0 rings (SSSR count). The van der Waals surface area contributed by atoms with Crippen LogP contribution < -0.4 is 5.73 Å². The molecule has 0 fully saturated rings. The van der Waals surface area contributed by atoms with E-state index in [1.165, 1.54) is 0 Å². The van der Waals surface area contributed by atoms with Crippen LogP contribution in [-0.4, -0.2) is 53.0 Å². The zero-order valence-corrected chi connectivity index (χ0v) is 9.24. The summed E-state index contributed by atoms with van der Waals surface area (Å²) in [4.78, 5) is -2.23. The van der Waals surface area contributed by atoms with Crippen molar-refractivity contribution in [3.63, 3.8) is 0 Å². The number of aliphatic hydroxyl groups excluding tert-OH is 3. The Hall–Kier alpha value is -0.250. The largest absolute Gasteiger partial charge is 0.396 e. The van der Waals surface area contributed by atoms with Crippen molar-refractivity contribution in [1.29, 1.82) is 0 Å². The molecule has 1 atom stereocenters. The maximum Gasteiger partial charge on any atom is 0.284 e. The number of hydrogen-bond donors (Lipinski definition) is 5. The highest BCUT2D eigenvalue weighted by molar-refractivity contribution is 7.87. The Morgan fingerprint density at radius 2 is 1.60 bits per heavy atom. The predicted octanol–water partition coefficient (Wildman–Crippen LogP) is -2.10. The third kappa shape index (κ3) is 2.47. The van der Waals surface area contributed by atoms with E-state index in [1.54, 1.807) is 0 Å². The van der Waals surface area contributed by atoms with Crippen LogP contribution in [0.15, 0.2) is 0 Å². The van der Waals surface area contributed by atoms with Gasteiger partial charge in [-0.05, 0) is 13.3 Å². The van der Waals surface area contributed by atoms with E-state index in [0.717, 1.165) is 6.92 Å². The quantitative estimate of drug-likeness (QED) is 0.336. The second kappa shape index (κ2) is 4.73. The molecule has 92 valence electrons. The first-order valence-corrected chi connectivity index (χ1v) is 5.71. The molecule has 0 spiro atoms. The maximum atomic E-state index is 11.0. The van der Waals surface area contributed by atoms with Crippen molar-refractivity contribution in [2.75, 3.05) is 19.8 Å². The minimum atomic E-state index is -4.66. The molecule has 0 radical (unpaired) electrons. The molecular weight excluding hydrogens is 226 g/mol. The summed E-state index contributed by atoms with van der Waals surface area (Å²) >= 11 is 0. The van der Waals surface area contributed by atoms with Crippen LogP contribution in [0.3, 0.4) is 0 Å². The van der Waals surface area contributed by atoms with E-state index >= 15 is 0 Å². The van der Waals surface area contributed by atoms with E-state index in [9.17, 15) is 8.42 Å². The van der Waals surface area contributed by atoms with Gasteiger partial charge in [0.05, 0.1) is 18.6 Å². The van der Waals surface area contributed by atoms with Crippen molar-refractivity contribution in [3.8, 4) is 0 Å². The second-order valence-corrected chi connectivity index (χ2v) is 5.45. The van der Waals surface area contributed by atoms with Crippen molar-refractivity contribution >= 4 is 10.1 Å². The monoisotopic (exact) mass is 243 g/mol. The van der Waals surface area contributed by atoms with Crippen LogP contribution in [-0.2, 0) is 10.1 Å². The third-order valence-corrected chi connectivity index (χ3v) is 4.29. The normalized spacial score (nSPS) is 17.5. The average Bonchev–Trinajstić information content (AvgIpc) is 2.12. The lowest BCUT2D eigenvalue weighted by atomic mass is 9.79. The fourth-order valence-electron chi connectivity index (χ4n) is 1.26. The molecule has 0 aromatic heterocycles. The van der Waals surface area contributed by atoms with Gasteiger partial charge in [0.2, 0.25) is 0 Å². The molecule has 15 heavy (non-hydrogen) atoms. The minimum absolute atomic E-state index is 0.243. The van der Waals surface area contributed by atoms with Crippen LogP contribution in [0.25, 0.3) is 0 Å². The van der Waals surface area contributed by atoms with E-state index in [0.29, 0.717) is 0 Å². The highest BCUT2D eigenvalue weighted by Gasteiger charge is 2.53. The Kier molecular flexibility index (Phi) is 4.65. The van der Waals surface area contributed by atoms with E-state index in [4.69, 9.17) is 25.6 Å². The maximum absolute atomic E-state index is 11.0. The zero-order valence-electron chi connectivity index (χ0n) is 8.42. The number of rotatable bonds is 6. The van der Waals surface area contributed by atoms with Gasteiger partial charge in [-0.2, -0.15) is 8.42 Å². The van der Waals surface area contributed by atoms with Crippen LogP contribution in [0.5, 0.6) is 0 Å². The molecule has 0 amide bonds. The molecule has 8 heteroatoms. The Morgan fingerprint density at radius 1 is 1.20 bits per heavy atom. The van der Waals surface area contributed by atoms with Gasteiger partial charge in [-0.3, -0.25) is 4.55 Å². The average molecular weight is 243 g/mol. The van der Waals surface area contributed by atoms with Crippen molar-refractivity contribution in [1.82, 2.24) is 0 Å². The molecule has 0 aliphatic heterocycles. The zero-order chi connectivity index (χ0) is 12.3. The number of aliphatic hydroxyl groups is 3. The van der Waals surface area contributed by atoms with Gasteiger partial charge < -0.3 is 21.1 Å². The first-order chi connectivity index (χ1) is 6.68. The van der Waals surface area contributed by atoms with Gasteiger partial charge >= 0.3 is 0 Å². The molecule has 0 saturated heterocycles. The summed E-state index contributed by atoms with van der Waals surface area (Å²) in [6, 6.07) is 0. The van der Waals surface area contributed by atoms with Gasteiger partial charge in [-0.25, -0.2) is 0 Å². The smallest absolute Gasteiger partial charge is 0.284 e. The molecule has 6 N–H and O–H groups in total. The molecule has 0 bridgehead atoms. The SMILES string of the molecule is CC(N)(C(CO)(CO)CCO)S(=O)(=O)O. The van der Waals surface area contributed by atoms with Crippen LogP contribution in [0, 0.1) is 5.41 Å². The summed E-state index contributed by atoms with van der Waals surface area (Å²) in [6.45, 7) is -1.03. The van der Waals surface area contributed by atoms with Crippen LogP contribution in [0.1, 0.15) is 13.3 Å². The van der Waals surface area contributed by atoms with Crippen molar-refractivity contribution < 1.29 is 28.3 Å². The molecule has 0 aromatic rings. The summed E-state index contributed by atoms with van der Waals surface area (Å²) in [7, 11) is -4.66. The Bertz CT molecular complexity index is 295. The van der Waals surface area contributed by atoms with Crippen molar-refractivity contribution in [2.24, 2.45) is 11.1 Å². The summed E-state index contributed by atoms with van der Waals surface area (Å²) in [5.41, 5.74) is 3.73. The van der Waals surface area contributed by atoms with Crippen LogP contribution in [0.2, 0.25) is 0 Å². The topological polar surface area (TPSA) is 141 Å². The standard InChI is InChI=1S/C7H17NO6S/c1-6(8,15(12,13)14)7(4-10,5-11)2-3-9/h9-11H,2-5,8H2,1H3,(H,12,13,14). The molecule has 0 saturated carbocycles. The number of hydrogen-bond acceptors (Lipinski definition) is 6. The van der Waals surface area contributed by atoms with E-state index < -0.39 is 40.2 Å². The third-order valence-electron chi connectivity index (χ3n) is 2.78. The molecule has 0 aromatic carbocycles. The van der Waals surface area contributed by atoms with Gasteiger partial charge in [-0.1, -0.05) is 0 Å². The van der Waals surface area contributed by atoms with Gasteiger partial charge in [0.1, 0.15) is 0 Å². The van der Waals surface area contributed by atoms with Crippen molar-refractivity contribution in [2.45, 2.75) is 18.2 Å². The van der Waals surface area contributed by atoms with Gasteiger partial charge in [-0.15, -0.1) is 0 Å². The Labute approximate surface area is 88.3 Å². The minimum Gasteiger partial charge on any atom is -0.396 e. The highest BCUT2D eigenvalue weighted by Crippen LogP contribution is 2.35. The first-order valence-electron chi connectivity index (χ1n) is 4.27. The molecule has 0 aliphatic rings. The van der Waals surface area contributed by atoms with Gasteiger partial charge in [0.15, 0.2) is 4.87 Å². The van der Waals surface area contributed by atoms with Crippen LogP contribution in [0.4, 0.5) is 0 Å². The molecular formula is C7H17NO6S. The molecule has 7 nitrogen and oxygen atoms in total. The summed E-state index contributed by atoms with van der Waals surface area (Å²) in [6.07, 6.45) is -0.243. The predicted molar refractivity (Wildman–Crippen MR) is 52.4 cm³/mol. The van der Waals surface area contributed by atoms with Gasteiger partial charge in [0, 0.05) is 6.61 Å². The summed E-state index contributed by atoms with van der Waals surface area (Å²) < 4.78 is 31.0. The van der Waals surface area contributed by atoms with Crippen molar-refractivity contribution in [3.05, 3.63) is 0 Å². The fourth-order valence-corrected chi connectivity index (χ4v) is 2.04. The van der Waals surface area contributed by atoms with Gasteiger partial charge in [0.25, 0.3) is 10.1 Å². The Balaban J connectivity index is 5.42. The van der Waals surface area contributed by atoms with E-state index in [2.05, 4.69) is 0 Å². The van der Waals surface area contributed by atoms with E-state index in [1.807, 2.05) is 0 Å². The molecule has 1 unspecified atom stereocenters. The highest BCUT2D eigenvalue weighted by atomic mass is 32.2. The van der Waals surface area contributed by atoms with Crippen LogP contribution >= 0.6 is 0 Å². The Morgan fingerprint density at radius 3 is 1.80 bits per heavy atom. The lowest BCUT2D eigenvalue weighted by Gasteiger charge is -2.41. The summed E-state index contributed by atoms with van der Waals surface area (Å²) in [5.74, 6) is 0. The second-order valence-electron chi connectivity index (χ2n) is 3.65. The number of nitrogens with two attached hydrogens (primary N) is 1. The fraction of sp³-hybridized carbons (Fsp3) is 1.00. The first kappa shape index (κ1) is 14.8. The lowest BCUT2D eigenvalue weighted by molar-refractivity contribution is 0.00104. The molecule has 0 aliphatic carbocycles. The summed E-state index contributed by atoms with van der Waals surface area (Å²) in [5, 5.41) is 26.9. The van der Waals surface area contributed by atoms with E-state index in [-0.39, 0.29) is 6.42 Å². The molecule has 0 heterocycles.